The summed E-state index contributed by atoms with van der Waals surface area (Å²) in [5, 5.41) is -0.588. The van der Waals surface area contributed by atoms with Gasteiger partial charge in [0.2, 0.25) is 0 Å². The molecule has 10 heavy (non-hydrogen) atoms. The minimum absolute atomic E-state index is 0.286. The van der Waals surface area contributed by atoms with Crippen LogP contribution in [0.3, 0.4) is 0 Å². The second kappa shape index (κ2) is 2.88. The molecular weight excluding hydrogens is 150 g/mol. The highest BCUT2D eigenvalue weighted by atomic mass is 32.2. The van der Waals surface area contributed by atoms with E-state index in [0.717, 1.165) is 19.3 Å². The first kappa shape index (κ1) is 8.01. The second-order valence-corrected chi connectivity index (χ2v) is 5.09. The van der Waals surface area contributed by atoms with Gasteiger partial charge < -0.3 is 5.73 Å². The molecule has 0 aromatic heterocycles. The van der Waals surface area contributed by atoms with Gasteiger partial charge in [0.25, 0.3) is 0 Å². The molecule has 2 N–H and O–H groups in total. The Kier molecular flexibility index (Phi) is 2.31. The molecule has 0 saturated carbocycles. The van der Waals surface area contributed by atoms with E-state index in [1.165, 1.54) is 0 Å². The molecule has 0 spiro atoms. The fourth-order valence-corrected chi connectivity index (χ4v) is 2.59. The number of hydrogen-bond acceptors (Lipinski definition) is 3. The summed E-state index contributed by atoms with van der Waals surface area (Å²) in [5.41, 5.74) is 5.42. The lowest BCUT2D eigenvalue weighted by atomic mass is 10.2. The monoisotopic (exact) mass is 163 g/mol. The normalized spacial score (nSPS) is 33.1. The predicted molar refractivity (Wildman–Crippen MR) is 40.2 cm³/mol. The van der Waals surface area contributed by atoms with Gasteiger partial charge in [0.15, 0.2) is 9.84 Å². The van der Waals surface area contributed by atoms with E-state index in [9.17, 15) is 8.42 Å². The van der Waals surface area contributed by atoms with Gasteiger partial charge in [-0.15, -0.1) is 0 Å². The highest BCUT2D eigenvalue weighted by Crippen LogP contribution is 2.14. The SMILES string of the molecule is NC1CCCCCS1(=O)=O. The summed E-state index contributed by atoms with van der Waals surface area (Å²) in [4.78, 5) is 0. The maximum Gasteiger partial charge on any atom is 0.165 e. The van der Waals surface area contributed by atoms with Gasteiger partial charge in [0.05, 0.1) is 5.75 Å². The third-order valence-electron chi connectivity index (χ3n) is 1.88. The van der Waals surface area contributed by atoms with Crippen LogP contribution >= 0.6 is 0 Å². The maximum atomic E-state index is 11.1. The Hall–Kier alpha value is -0.0900. The lowest BCUT2D eigenvalue weighted by Crippen LogP contribution is -2.30. The Bertz CT molecular complexity index is 198. The Balaban J connectivity index is 2.71. The van der Waals surface area contributed by atoms with Crippen LogP contribution in [-0.4, -0.2) is 19.5 Å². The summed E-state index contributed by atoms with van der Waals surface area (Å²) in [6, 6.07) is 0. The van der Waals surface area contributed by atoms with E-state index in [1.54, 1.807) is 0 Å². The highest BCUT2D eigenvalue weighted by molar-refractivity contribution is 7.91. The van der Waals surface area contributed by atoms with Crippen molar-refractivity contribution in [3.05, 3.63) is 0 Å². The zero-order valence-electron chi connectivity index (χ0n) is 5.91. The number of nitrogens with two attached hydrogens (primary N) is 1. The first-order valence-electron chi connectivity index (χ1n) is 3.60. The smallest absolute Gasteiger partial charge is 0.165 e. The minimum atomic E-state index is -2.92. The Labute approximate surface area is 61.5 Å². The Morgan fingerprint density at radius 3 is 2.60 bits per heavy atom. The summed E-state index contributed by atoms with van der Waals surface area (Å²) in [7, 11) is -2.92. The molecule has 0 aromatic rings. The third kappa shape index (κ3) is 1.70. The van der Waals surface area contributed by atoms with Gasteiger partial charge in [-0.25, -0.2) is 8.42 Å². The molecule has 0 radical (unpaired) electrons. The largest absolute Gasteiger partial charge is 0.315 e. The van der Waals surface area contributed by atoms with Crippen molar-refractivity contribution < 1.29 is 8.42 Å². The molecule has 1 unspecified atom stereocenters. The molecule has 1 fully saturated rings. The third-order valence-corrected chi connectivity index (χ3v) is 3.89. The molecule has 3 nitrogen and oxygen atoms in total. The van der Waals surface area contributed by atoms with E-state index in [0.29, 0.717) is 6.42 Å². The maximum absolute atomic E-state index is 11.1. The summed E-state index contributed by atoms with van der Waals surface area (Å²) in [5.74, 6) is 0.286. The zero-order valence-corrected chi connectivity index (χ0v) is 6.73. The Morgan fingerprint density at radius 2 is 1.90 bits per heavy atom. The number of sulfone groups is 1. The second-order valence-electron chi connectivity index (χ2n) is 2.75. The van der Waals surface area contributed by atoms with Crippen LogP contribution in [0.25, 0.3) is 0 Å². The average molecular weight is 163 g/mol. The zero-order chi connectivity index (χ0) is 7.61. The molecule has 4 heteroatoms. The summed E-state index contributed by atoms with van der Waals surface area (Å²) >= 11 is 0. The van der Waals surface area contributed by atoms with Crippen LogP contribution in [0.1, 0.15) is 25.7 Å². The first-order valence-corrected chi connectivity index (χ1v) is 5.31. The first-order chi connectivity index (χ1) is 4.63. The van der Waals surface area contributed by atoms with Crippen LogP contribution in [0.2, 0.25) is 0 Å². The van der Waals surface area contributed by atoms with Crippen LogP contribution in [0, 0.1) is 0 Å². The molecule has 1 atom stereocenters. The minimum Gasteiger partial charge on any atom is -0.315 e. The molecule has 1 aliphatic rings. The molecular formula is C6H13NO2S. The fourth-order valence-electron chi connectivity index (χ4n) is 1.16. The summed E-state index contributed by atoms with van der Waals surface area (Å²) in [6.07, 6.45) is 3.39. The van der Waals surface area contributed by atoms with Crippen molar-refractivity contribution >= 4 is 9.84 Å². The van der Waals surface area contributed by atoms with Gasteiger partial charge >= 0.3 is 0 Å². The van der Waals surface area contributed by atoms with Crippen LogP contribution in [0.15, 0.2) is 0 Å². The average Bonchev–Trinajstić information content (AvgIpc) is 1.96. The molecule has 0 aromatic carbocycles. The van der Waals surface area contributed by atoms with E-state index in [1.807, 2.05) is 0 Å². The Morgan fingerprint density at radius 1 is 1.20 bits per heavy atom. The standard InChI is InChI=1S/C6H13NO2S/c7-6-4-2-1-3-5-10(6,8)9/h6H,1-5,7H2. The van der Waals surface area contributed by atoms with Crippen molar-refractivity contribution in [2.24, 2.45) is 5.73 Å². The van der Waals surface area contributed by atoms with Gasteiger partial charge in [-0.2, -0.15) is 0 Å². The lowest BCUT2D eigenvalue weighted by Gasteiger charge is -2.06. The van der Waals surface area contributed by atoms with E-state index in [2.05, 4.69) is 0 Å². The molecule has 1 aliphatic heterocycles. The van der Waals surface area contributed by atoms with Gasteiger partial charge in [-0.3, -0.25) is 0 Å². The van der Waals surface area contributed by atoms with E-state index in [-0.39, 0.29) is 5.75 Å². The van der Waals surface area contributed by atoms with Gasteiger partial charge in [0, 0.05) is 0 Å². The quantitative estimate of drug-likeness (QED) is 0.557. The molecule has 0 bridgehead atoms. The summed E-state index contributed by atoms with van der Waals surface area (Å²) < 4.78 is 22.2. The topological polar surface area (TPSA) is 60.2 Å². The van der Waals surface area contributed by atoms with Crippen LogP contribution < -0.4 is 5.73 Å². The van der Waals surface area contributed by atoms with Crippen molar-refractivity contribution in [3.8, 4) is 0 Å². The van der Waals surface area contributed by atoms with Gasteiger partial charge in [-0.1, -0.05) is 12.8 Å². The predicted octanol–water partition coefficient (Wildman–Crippen LogP) is 0.260. The van der Waals surface area contributed by atoms with E-state index >= 15 is 0 Å². The summed E-state index contributed by atoms with van der Waals surface area (Å²) in [6.45, 7) is 0. The highest BCUT2D eigenvalue weighted by Gasteiger charge is 2.22. The van der Waals surface area contributed by atoms with Gasteiger partial charge in [0.1, 0.15) is 5.37 Å². The van der Waals surface area contributed by atoms with Crippen LogP contribution in [0.4, 0.5) is 0 Å². The van der Waals surface area contributed by atoms with Crippen molar-refractivity contribution in [2.75, 3.05) is 5.75 Å². The fraction of sp³-hybridized carbons (Fsp3) is 1.00. The van der Waals surface area contributed by atoms with Crippen LogP contribution in [-0.2, 0) is 9.84 Å². The molecule has 1 saturated heterocycles. The molecule has 1 heterocycles. The van der Waals surface area contributed by atoms with Crippen molar-refractivity contribution in [2.45, 2.75) is 31.1 Å². The van der Waals surface area contributed by atoms with E-state index in [4.69, 9.17) is 5.73 Å². The number of rotatable bonds is 0. The van der Waals surface area contributed by atoms with E-state index < -0.39 is 15.2 Å². The molecule has 60 valence electrons. The van der Waals surface area contributed by atoms with Crippen molar-refractivity contribution in [1.29, 1.82) is 0 Å². The van der Waals surface area contributed by atoms with Gasteiger partial charge in [-0.05, 0) is 12.8 Å². The van der Waals surface area contributed by atoms with Crippen LogP contribution in [0.5, 0.6) is 0 Å². The molecule has 0 amide bonds. The molecule has 0 aliphatic carbocycles. The van der Waals surface area contributed by atoms with Crippen molar-refractivity contribution in [1.82, 2.24) is 0 Å². The van der Waals surface area contributed by atoms with Crippen molar-refractivity contribution in [3.63, 3.8) is 0 Å². The number of hydrogen-bond donors (Lipinski definition) is 1. The molecule has 1 rings (SSSR count). The lowest BCUT2D eigenvalue weighted by molar-refractivity contribution is 0.577.